The van der Waals surface area contributed by atoms with Crippen LogP contribution in [0.25, 0.3) is 21.9 Å². The Morgan fingerprint density at radius 1 is 0.931 bits per heavy atom. The lowest BCUT2D eigenvalue weighted by molar-refractivity contribution is 0.416. The highest BCUT2D eigenvalue weighted by Gasteiger charge is 2.19. The zero-order valence-electron chi connectivity index (χ0n) is 15.5. The van der Waals surface area contributed by atoms with Crippen LogP contribution in [0, 0.1) is 0 Å². The summed E-state index contributed by atoms with van der Waals surface area (Å²) in [6.45, 7) is 0. The second-order valence-corrected chi connectivity index (χ2v) is 8.42. The highest BCUT2D eigenvalue weighted by Crippen LogP contribution is 2.36. The number of nitrogens with one attached hydrogen (secondary N) is 1. The Labute approximate surface area is 174 Å². The lowest BCUT2D eigenvalue weighted by Crippen LogP contribution is -2.13. The van der Waals surface area contributed by atoms with E-state index in [1.807, 2.05) is 30.3 Å². The van der Waals surface area contributed by atoms with E-state index in [9.17, 15) is 8.42 Å². The van der Waals surface area contributed by atoms with Crippen LogP contribution in [-0.4, -0.2) is 20.5 Å². The van der Waals surface area contributed by atoms with Gasteiger partial charge in [0, 0.05) is 35.0 Å². The molecule has 0 aliphatic rings. The topological polar surface area (TPSA) is 68.3 Å². The van der Waals surface area contributed by atoms with E-state index < -0.39 is 10.0 Å². The molecule has 0 spiro atoms. The fraction of sp³-hybridized carbons (Fsp3) is 0.0455. The van der Waals surface area contributed by atoms with Gasteiger partial charge in [0.05, 0.1) is 17.8 Å². The molecule has 1 aromatic heterocycles. The summed E-state index contributed by atoms with van der Waals surface area (Å²) < 4.78 is 33.5. The molecular formula is C22H17ClN2O3S. The van der Waals surface area contributed by atoms with Crippen LogP contribution in [0.4, 0.5) is 5.69 Å². The van der Waals surface area contributed by atoms with Gasteiger partial charge in [-0.1, -0.05) is 48.0 Å². The molecule has 29 heavy (non-hydrogen) atoms. The predicted molar refractivity (Wildman–Crippen MR) is 116 cm³/mol. The summed E-state index contributed by atoms with van der Waals surface area (Å²) in [5.74, 6) is 0.530. The Hall–Kier alpha value is -3.09. The fourth-order valence-corrected chi connectivity index (χ4v) is 4.75. The highest BCUT2D eigenvalue weighted by molar-refractivity contribution is 7.92. The molecule has 0 fully saturated rings. The van der Waals surface area contributed by atoms with Crippen molar-refractivity contribution in [2.24, 2.45) is 0 Å². The van der Waals surface area contributed by atoms with Gasteiger partial charge in [0.2, 0.25) is 0 Å². The van der Waals surface area contributed by atoms with Gasteiger partial charge in [0.25, 0.3) is 10.0 Å². The van der Waals surface area contributed by atoms with Crippen LogP contribution in [0.1, 0.15) is 0 Å². The van der Waals surface area contributed by atoms with Crippen LogP contribution in [0.15, 0.2) is 84.0 Å². The molecule has 1 N–H and O–H groups in total. The van der Waals surface area contributed by atoms with Gasteiger partial charge in [0.1, 0.15) is 10.6 Å². The summed E-state index contributed by atoms with van der Waals surface area (Å²) in [6.07, 6.45) is 3.57. The molecule has 4 aromatic rings. The van der Waals surface area contributed by atoms with Crippen molar-refractivity contribution in [3.8, 4) is 16.9 Å². The van der Waals surface area contributed by atoms with Gasteiger partial charge >= 0.3 is 0 Å². The Kier molecular flexibility index (Phi) is 5.13. The van der Waals surface area contributed by atoms with E-state index >= 15 is 0 Å². The number of methoxy groups -OCH3 is 1. The van der Waals surface area contributed by atoms with E-state index in [4.69, 9.17) is 16.3 Å². The number of hydrogen-bond acceptors (Lipinski definition) is 4. The molecule has 0 saturated carbocycles. The maximum absolute atomic E-state index is 12.7. The molecule has 4 rings (SSSR count). The van der Waals surface area contributed by atoms with Gasteiger partial charge in [-0.2, -0.15) is 0 Å². The monoisotopic (exact) mass is 424 g/mol. The summed E-state index contributed by atoms with van der Waals surface area (Å²) in [7, 11) is -2.29. The average Bonchev–Trinajstić information content (AvgIpc) is 2.73. The van der Waals surface area contributed by atoms with Crippen molar-refractivity contribution < 1.29 is 13.2 Å². The molecule has 5 nitrogen and oxygen atoms in total. The number of sulfonamides is 1. The van der Waals surface area contributed by atoms with E-state index in [2.05, 4.69) is 9.71 Å². The molecule has 146 valence electrons. The second-order valence-electron chi connectivity index (χ2n) is 6.36. The minimum atomic E-state index is -3.83. The molecule has 1 heterocycles. The molecule has 0 atom stereocenters. The number of rotatable bonds is 5. The first-order valence-electron chi connectivity index (χ1n) is 8.78. The van der Waals surface area contributed by atoms with E-state index in [0.717, 1.165) is 21.9 Å². The van der Waals surface area contributed by atoms with Crippen molar-refractivity contribution >= 4 is 38.1 Å². The number of ether oxygens (including phenoxy) is 1. The summed E-state index contributed by atoms with van der Waals surface area (Å²) >= 11 is 6.04. The molecule has 0 saturated heterocycles. The number of anilines is 1. The van der Waals surface area contributed by atoms with Crippen LogP contribution >= 0.6 is 11.6 Å². The maximum atomic E-state index is 12.7. The normalized spacial score (nSPS) is 11.4. The first-order chi connectivity index (χ1) is 14.0. The van der Waals surface area contributed by atoms with Crippen LogP contribution < -0.4 is 9.46 Å². The van der Waals surface area contributed by atoms with E-state index in [0.29, 0.717) is 11.4 Å². The van der Waals surface area contributed by atoms with Crippen molar-refractivity contribution in [2.75, 3.05) is 11.8 Å². The van der Waals surface area contributed by atoms with Gasteiger partial charge in [0.15, 0.2) is 0 Å². The highest BCUT2D eigenvalue weighted by atomic mass is 35.5. The maximum Gasteiger partial charge on any atom is 0.263 e. The predicted octanol–water partition coefficient (Wildman–Crippen LogP) is 5.36. The Bertz CT molecular complexity index is 1300. The third-order valence-electron chi connectivity index (χ3n) is 4.54. The molecule has 0 amide bonds. The lowest BCUT2D eigenvalue weighted by Gasteiger charge is -2.14. The summed E-state index contributed by atoms with van der Waals surface area (Å²) in [4.78, 5) is 4.33. The molecule has 0 bridgehead atoms. The minimum absolute atomic E-state index is 0.0166. The Balaban J connectivity index is 1.75. The van der Waals surface area contributed by atoms with Crippen molar-refractivity contribution in [1.82, 2.24) is 4.98 Å². The first kappa shape index (κ1) is 19.2. The molecule has 0 radical (unpaired) electrons. The zero-order valence-corrected chi connectivity index (χ0v) is 17.0. The third-order valence-corrected chi connectivity index (χ3v) is 6.42. The van der Waals surface area contributed by atoms with E-state index in [1.165, 1.54) is 12.1 Å². The average molecular weight is 425 g/mol. The van der Waals surface area contributed by atoms with Gasteiger partial charge < -0.3 is 4.74 Å². The van der Waals surface area contributed by atoms with Crippen molar-refractivity contribution in [3.63, 3.8) is 0 Å². The number of benzene rings is 3. The SMILES string of the molecule is COc1cc(NS(=O)(=O)c2ccccc2Cl)ccc1-c1cncc2ccccc12. The van der Waals surface area contributed by atoms with Gasteiger partial charge in [-0.3, -0.25) is 9.71 Å². The molecule has 7 heteroatoms. The molecule has 3 aromatic carbocycles. The number of nitrogens with zero attached hydrogens (tertiary/aromatic N) is 1. The molecule has 0 aliphatic carbocycles. The lowest BCUT2D eigenvalue weighted by atomic mass is 10.00. The van der Waals surface area contributed by atoms with Crippen LogP contribution in [0.2, 0.25) is 5.02 Å². The Morgan fingerprint density at radius 2 is 1.69 bits per heavy atom. The zero-order chi connectivity index (χ0) is 20.4. The van der Waals surface area contributed by atoms with Crippen LogP contribution in [-0.2, 0) is 10.0 Å². The van der Waals surface area contributed by atoms with Crippen molar-refractivity contribution in [2.45, 2.75) is 4.90 Å². The third kappa shape index (κ3) is 3.77. The molecule has 0 aliphatic heterocycles. The minimum Gasteiger partial charge on any atom is -0.496 e. The van der Waals surface area contributed by atoms with Crippen molar-refractivity contribution in [3.05, 3.63) is 84.1 Å². The van der Waals surface area contributed by atoms with Crippen molar-refractivity contribution in [1.29, 1.82) is 0 Å². The fourth-order valence-electron chi connectivity index (χ4n) is 3.18. The van der Waals surface area contributed by atoms with Crippen LogP contribution in [0.3, 0.4) is 0 Å². The van der Waals surface area contributed by atoms with Crippen LogP contribution in [0.5, 0.6) is 5.75 Å². The molecule has 0 unspecified atom stereocenters. The van der Waals surface area contributed by atoms with Gasteiger partial charge in [-0.15, -0.1) is 0 Å². The number of hydrogen-bond donors (Lipinski definition) is 1. The second kappa shape index (κ2) is 7.73. The summed E-state index contributed by atoms with van der Waals surface area (Å²) in [5.41, 5.74) is 2.09. The standard InChI is InChI=1S/C22H17ClN2O3S/c1-28-21-12-16(25-29(26,27)22-9-5-4-8-20(22)23)10-11-18(21)19-14-24-13-15-6-2-3-7-17(15)19/h2-14,25H,1H3. The number of pyridine rings is 1. The number of fused-ring (bicyclic) bond motifs is 1. The smallest absolute Gasteiger partial charge is 0.263 e. The van der Waals surface area contributed by atoms with E-state index in [-0.39, 0.29) is 9.92 Å². The quantitative estimate of drug-likeness (QED) is 0.468. The largest absolute Gasteiger partial charge is 0.496 e. The Morgan fingerprint density at radius 3 is 2.48 bits per heavy atom. The van der Waals surface area contributed by atoms with Gasteiger partial charge in [-0.05, 0) is 29.7 Å². The number of aromatic nitrogens is 1. The molecular weight excluding hydrogens is 408 g/mol. The number of halogens is 1. The first-order valence-corrected chi connectivity index (χ1v) is 10.6. The van der Waals surface area contributed by atoms with Gasteiger partial charge in [-0.25, -0.2) is 8.42 Å². The summed E-state index contributed by atoms with van der Waals surface area (Å²) in [5, 5.41) is 2.20. The summed E-state index contributed by atoms with van der Waals surface area (Å²) in [6, 6.07) is 19.4. The van der Waals surface area contributed by atoms with E-state index in [1.54, 1.807) is 43.8 Å².